The first-order valence-corrected chi connectivity index (χ1v) is 22.8. The predicted molar refractivity (Wildman–Crippen MR) is 230 cm³/mol. The van der Waals surface area contributed by atoms with Crippen LogP contribution in [-0.2, 0) is 24.6 Å². The number of pyridine rings is 1. The molecule has 2 aromatic carbocycles. The van der Waals surface area contributed by atoms with Gasteiger partial charge >= 0.3 is 10.2 Å². The standard InChI is InChI=1S/C44H53FN6O7S2/c1-26(2)35-25-59-41(48-35)34-21-39(32-17-18-38(57-6)27(3)40(32)47-34)58-31-20-36-37(52)23-44(43(54)49-60(55,56)50(4)5)22-28(44)13-10-8-7-9-11-16-33(42(53)51(36)24-31)46-30-15-12-14-29(45)19-30/h10,12-15,17-19,21,25-26,28,31,33,36,46H,7-9,11,16,20,22-24H2,1-6H3,(H,49,54)/b13-10-/t28-,31+,33-,36-,44+/m0/s1. The number of carbonyl (C=O) groups excluding carboxylic acids is 3. The molecule has 5 atom stereocenters. The van der Waals surface area contributed by atoms with E-state index in [4.69, 9.17) is 19.4 Å². The number of nitrogens with one attached hydrogen (secondary N) is 2. The number of nitrogens with zero attached hydrogens (tertiary/aromatic N) is 4. The van der Waals surface area contributed by atoms with E-state index in [1.54, 1.807) is 19.2 Å². The Kier molecular flexibility index (Phi) is 12.6. The molecule has 1 saturated carbocycles. The number of halogens is 1. The molecule has 7 rings (SSSR count). The molecule has 4 aromatic rings. The number of ether oxygens (including phenoxy) is 2. The third kappa shape index (κ3) is 9.05. The minimum Gasteiger partial charge on any atom is -0.496 e. The van der Waals surface area contributed by atoms with E-state index < -0.39 is 45.5 Å². The number of aryl methyl sites for hydroxylation is 1. The molecule has 320 valence electrons. The minimum absolute atomic E-state index is 0.0527. The molecule has 13 nitrogen and oxygen atoms in total. The molecule has 60 heavy (non-hydrogen) atoms. The molecule has 2 fully saturated rings. The van der Waals surface area contributed by atoms with Crippen molar-refractivity contribution in [1.82, 2.24) is 23.9 Å². The Morgan fingerprint density at radius 2 is 1.88 bits per heavy atom. The van der Waals surface area contributed by atoms with Gasteiger partial charge in [-0.2, -0.15) is 12.7 Å². The summed E-state index contributed by atoms with van der Waals surface area (Å²) in [4.78, 5) is 54.9. The van der Waals surface area contributed by atoms with Gasteiger partial charge < -0.3 is 19.7 Å². The highest BCUT2D eigenvalue weighted by atomic mass is 32.2. The number of allylic oxidation sites excluding steroid dienone is 2. The quantitative estimate of drug-likeness (QED) is 0.157. The maximum atomic E-state index is 14.8. The minimum atomic E-state index is -4.14. The first kappa shape index (κ1) is 43.2. The number of amides is 2. The van der Waals surface area contributed by atoms with Gasteiger partial charge in [0.15, 0.2) is 5.78 Å². The van der Waals surface area contributed by atoms with Crippen LogP contribution in [0.4, 0.5) is 10.1 Å². The van der Waals surface area contributed by atoms with Crippen LogP contribution in [0.3, 0.4) is 0 Å². The summed E-state index contributed by atoms with van der Waals surface area (Å²) in [6.07, 6.45) is 6.87. The van der Waals surface area contributed by atoms with Crippen molar-refractivity contribution in [2.75, 3.05) is 33.1 Å². The lowest BCUT2D eigenvalue weighted by Gasteiger charge is -2.30. The molecule has 2 aliphatic heterocycles. The second kappa shape index (κ2) is 17.6. The van der Waals surface area contributed by atoms with Gasteiger partial charge in [0, 0.05) is 55.0 Å². The van der Waals surface area contributed by atoms with Gasteiger partial charge in [-0.05, 0) is 74.8 Å². The summed E-state index contributed by atoms with van der Waals surface area (Å²) < 4.78 is 55.7. The van der Waals surface area contributed by atoms with Crippen molar-refractivity contribution in [3.63, 3.8) is 0 Å². The molecule has 1 saturated heterocycles. The van der Waals surface area contributed by atoms with Gasteiger partial charge in [0.1, 0.15) is 40.2 Å². The molecule has 0 spiro atoms. The van der Waals surface area contributed by atoms with Crippen molar-refractivity contribution in [1.29, 1.82) is 0 Å². The number of aromatic nitrogens is 2. The van der Waals surface area contributed by atoms with Crippen LogP contribution < -0.4 is 19.5 Å². The van der Waals surface area contributed by atoms with Gasteiger partial charge in [0.25, 0.3) is 0 Å². The summed E-state index contributed by atoms with van der Waals surface area (Å²) >= 11 is 1.49. The van der Waals surface area contributed by atoms with E-state index in [1.165, 1.54) is 42.5 Å². The smallest absolute Gasteiger partial charge is 0.303 e. The Morgan fingerprint density at radius 3 is 2.60 bits per heavy atom. The number of hydrogen-bond acceptors (Lipinski definition) is 11. The van der Waals surface area contributed by atoms with Crippen LogP contribution in [-0.4, -0.2) is 91.1 Å². The Bertz CT molecular complexity index is 2420. The van der Waals surface area contributed by atoms with E-state index in [1.807, 2.05) is 42.7 Å². The summed E-state index contributed by atoms with van der Waals surface area (Å²) in [5.41, 5.74) is 2.16. The first-order valence-electron chi connectivity index (χ1n) is 20.5. The number of fused-ring (bicyclic) bond motifs is 3. The van der Waals surface area contributed by atoms with Crippen LogP contribution in [0.2, 0.25) is 0 Å². The highest BCUT2D eigenvalue weighted by molar-refractivity contribution is 7.87. The van der Waals surface area contributed by atoms with Crippen LogP contribution in [0.5, 0.6) is 11.5 Å². The van der Waals surface area contributed by atoms with E-state index in [0.717, 1.165) is 45.2 Å². The van der Waals surface area contributed by atoms with Crippen molar-refractivity contribution in [2.24, 2.45) is 11.3 Å². The van der Waals surface area contributed by atoms with Gasteiger partial charge in [0.2, 0.25) is 11.8 Å². The van der Waals surface area contributed by atoms with E-state index in [2.05, 4.69) is 23.9 Å². The lowest BCUT2D eigenvalue weighted by molar-refractivity contribution is -0.139. The SMILES string of the molecule is COc1ccc2c(O[C@@H]3C[C@H]4C(=O)C[C@]5(C(=O)NS(=O)(=O)N(C)C)C[C@@H]5/C=C\CCCCC[C@H](Nc5cccc(F)c5)C(=O)N4C3)cc(-c3nc(C(C)C)cs3)nc2c1C. The summed E-state index contributed by atoms with van der Waals surface area (Å²) in [5.74, 6) is -0.889. The van der Waals surface area contributed by atoms with Crippen molar-refractivity contribution >= 4 is 55.7 Å². The molecule has 3 aliphatic rings. The predicted octanol–water partition coefficient (Wildman–Crippen LogP) is 7.18. The molecular formula is C44H53FN6O7S2. The fourth-order valence-corrected chi connectivity index (χ4v) is 9.80. The number of benzene rings is 2. The van der Waals surface area contributed by atoms with Gasteiger partial charge in [-0.25, -0.2) is 19.1 Å². The number of rotatable bonds is 10. The fraction of sp³-hybridized carbons (Fsp3) is 0.477. The number of Topliss-reactive ketones (excluding diaryl/α,β-unsaturated/α-hetero) is 1. The number of anilines is 1. The maximum absolute atomic E-state index is 14.8. The van der Waals surface area contributed by atoms with Crippen LogP contribution in [0.15, 0.2) is 60.0 Å². The normalized spacial score (nSPS) is 24.4. The molecule has 0 radical (unpaired) electrons. The molecule has 4 heterocycles. The zero-order valence-corrected chi connectivity index (χ0v) is 36.5. The average molecular weight is 861 g/mol. The Hall–Kier alpha value is -4.93. The van der Waals surface area contributed by atoms with Gasteiger partial charge in [-0.1, -0.05) is 44.9 Å². The molecule has 2 aromatic heterocycles. The molecule has 2 amide bonds. The maximum Gasteiger partial charge on any atom is 0.303 e. The molecule has 0 bridgehead atoms. The molecule has 16 heteroatoms. The highest BCUT2D eigenvalue weighted by Gasteiger charge is 2.61. The Labute approximate surface area is 354 Å². The van der Waals surface area contributed by atoms with E-state index >= 15 is 0 Å². The Balaban J connectivity index is 1.26. The zero-order valence-electron chi connectivity index (χ0n) is 34.9. The summed E-state index contributed by atoms with van der Waals surface area (Å²) in [6, 6.07) is 9.72. The van der Waals surface area contributed by atoms with Crippen molar-refractivity contribution in [3.8, 4) is 22.2 Å². The molecule has 0 unspecified atom stereocenters. The number of ketones is 1. The molecular weight excluding hydrogens is 808 g/mol. The largest absolute Gasteiger partial charge is 0.496 e. The number of methoxy groups -OCH3 is 1. The van der Waals surface area contributed by atoms with Crippen LogP contribution in [0, 0.1) is 24.1 Å². The van der Waals surface area contributed by atoms with Gasteiger partial charge in [-0.15, -0.1) is 11.3 Å². The lowest BCUT2D eigenvalue weighted by Crippen LogP contribution is -2.49. The van der Waals surface area contributed by atoms with Crippen LogP contribution in [0.25, 0.3) is 21.6 Å². The van der Waals surface area contributed by atoms with Gasteiger partial charge in [0.05, 0.1) is 36.3 Å². The van der Waals surface area contributed by atoms with E-state index in [0.29, 0.717) is 41.2 Å². The van der Waals surface area contributed by atoms with Crippen LogP contribution in [0.1, 0.15) is 82.4 Å². The summed E-state index contributed by atoms with van der Waals surface area (Å²) in [6.45, 7) is 6.13. The van der Waals surface area contributed by atoms with Crippen molar-refractivity contribution < 1.29 is 36.7 Å². The monoisotopic (exact) mass is 860 g/mol. The second-order valence-corrected chi connectivity index (χ2v) is 19.4. The second-order valence-electron chi connectivity index (χ2n) is 16.6. The topological polar surface area (TPSA) is 160 Å². The number of hydrogen-bond donors (Lipinski definition) is 2. The zero-order chi connectivity index (χ0) is 42.9. The number of thiazole rings is 1. The third-order valence-electron chi connectivity index (χ3n) is 11.9. The summed E-state index contributed by atoms with van der Waals surface area (Å²) in [5, 5.41) is 6.71. The highest BCUT2D eigenvalue weighted by Crippen LogP contribution is 2.57. The van der Waals surface area contributed by atoms with Crippen molar-refractivity contribution in [2.45, 2.75) is 96.2 Å². The van der Waals surface area contributed by atoms with Crippen molar-refractivity contribution in [3.05, 3.63) is 77.1 Å². The fourth-order valence-electron chi connectivity index (χ4n) is 8.24. The van der Waals surface area contributed by atoms with E-state index in [9.17, 15) is 27.2 Å². The number of carbonyl (C=O) groups is 3. The lowest BCUT2D eigenvalue weighted by atomic mass is 9.91. The van der Waals surface area contributed by atoms with Crippen LogP contribution >= 0.6 is 11.3 Å². The third-order valence-corrected chi connectivity index (χ3v) is 14.2. The molecule has 2 N–H and O–H groups in total. The van der Waals surface area contributed by atoms with Gasteiger partial charge in [-0.3, -0.25) is 14.4 Å². The average Bonchev–Trinajstić information content (AvgIpc) is 3.49. The summed E-state index contributed by atoms with van der Waals surface area (Å²) in [7, 11) is 0.103. The van der Waals surface area contributed by atoms with E-state index in [-0.39, 0.29) is 49.3 Å². The molecule has 1 aliphatic carbocycles. The Morgan fingerprint density at radius 1 is 1.08 bits per heavy atom. The first-order chi connectivity index (χ1) is 28.6.